The third kappa shape index (κ3) is 2.51. The van der Waals surface area contributed by atoms with Gasteiger partial charge in [0.25, 0.3) is 0 Å². The number of nitrogens with zero attached hydrogens (tertiary/aromatic N) is 3. The van der Waals surface area contributed by atoms with Crippen LogP contribution in [0.2, 0.25) is 5.02 Å². The molecule has 3 heterocycles. The minimum Gasteiger partial charge on any atom is -0.468 e. The quantitative estimate of drug-likeness (QED) is 0.813. The molecule has 0 spiro atoms. The number of esters is 1. The van der Waals surface area contributed by atoms with E-state index in [2.05, 4.69) is 9.88 Å². The highest BCUT2D eigenvalue weighted by atomic mass is 35.5. The Morgan fingerprint density at radius 1 is 1.50 bits per heavy atom. The number of ether oxygens (including phenoxy) is 1. The molecule has 2 aromatic rings. The number of fused-ring (bicyclic) bond motifs is 1. The molecule has 1 atom stereocenters. The van der Waals surface area contributed by atoms with Crippen LogP contribution in [0.15, 0.2) is 24.5 Å². The first kappa shape index (κ1) is 13.4. The van der Waals surface area contributed by atoms with Gasteiger partial charge in [0, 0.05) is 18.9 Å². The van der Waals surface area contributed by atoms with Crippen LogP contribution < -0.4 is 0 Å². The molecule has 3 rings (SSSR count). The Kier molecular flexibility index (Phi) is 3.63. The Morgan fingerprint density at radius 3 is 3.15 bits per heavy atom. The molecule has 1 aliphatic heterocycles. The molecule has 1 aliphatic rings. The molecular formula is C14H16ClN3O2. The number of likely N-dealkylation sites (tertiary alicyclic amines) is 1. The van der Waals surface area contributed by atoms with Crippen LogP contribution in [0, 0.1) is 0 Å². The van der Waals surface area contributed by atoms with Crippen LogP contribution >= 0.6 is 11.6 Å². The number of halogens is 1. The SMILES string of the molecule is COC(=O)C1CCCN1Cc1cn2cc(Cl)ccc2n1. The van der Waals surface area contributed by atoms with Gasteiger partial charge in [0.1, 0.15) is 11.7 Å². The zero-order valence-corrected chi connectivity index (χ0v) is 12.0. The van der Waals surface area contributed by atoms with Crippen molar-refractivity contribution in [1.82, 2.24) is 14.3 Å². The van der Waals surface area contributed by atoms with Crippen LogP contribution in [0.3, 0.4) is 0 Å². The molecule has 0 amide bonds. The summed E-state index contributed by atoms with van der Waals surface area (Å²) in [7, 11) is 1.44. The van der Waals surface area contributed by atoms with Crippen molar-refractivity contribution in [3.8, 4) is 0 Å². The Labute approximate surface area is 122 Å². The normalized spacial score (nSPS) is 19.6. The van der Waals surface area contributed by atoms with Gasteiger partial charge in [0.15, 0.2) is 0 Å². The van der Waals surface area contributed by atoms with E-state index in [4.69, 9.17) is 16.3 Å². The Hall–Kier alpha value is -1.59. The lowest BCUT2D eigenvalue weighted by Crippen LogP contribution is -2.36. The molecule has 0 bridgehead atoms. The second kappa shape index (κ2) is 5.42. The lowest BCUT2D eigenvalue weighted by atomic mass is 10.2. The minimum atomic E-state index is -0.158. The Morgan fingerprint density at radius 2 is 2.35 bits per heavy atom. The molecule has 106 valence electrons. The summed E-state index contributed by atoms with van der Waals surface area (Å²) >= 11 is 5.96. The average molecular weight is 294 g/mol. The van der Waals surface area contributed by atoms with Gasteiger partial charge in [0.2, 0.25) is 0 Å². The highest BCUT2D eigenvalue weighted by Crippen LogP contribution is 2.21. The predicted octanol–water partition coefficient (Wildman–Crippen LogP) is 2.13. The lowest BCUT2D eigenvalue weighted by molar-refractivity contribution is -0.146. The molecule has 0 aromatic carbocycles. The maximum atomic E-state index is 11.7. The van der Waals surface area contributed by atoms with Crippen molar-refractivity contribution < 1.29 is 9.53 Å². The van der Waals surface area contributed by atoms with Crippen molar-refractivity contribution in [2.24, 2.45) is 0 Å². The van der Waals surface area contributed by atoms with Gasteiger partial charge < -0.3 is 9.14 Å². The van der Waals surface area contributed by atoms with E-state index in [9.17, 15) is 4.79 Å². The van der Waals surface area contributed by atoms with Crippen LogP contribution in [0.25, 0.3) is 5.65 Å². The molecular weight excluding hydrogens is 278 g/mol. The number of pyridine rings is 1. The van der Waals surface area contributed by atoms with E-state index in [0.29, 0.717) is 11.6 Å². The van der Waals surface area contributed by atoms with Crippen LogP contribution in [-0.2, 0) is 16.1 Å². The fourth-order valence-electron chi connectivity index (χ4n) is 2.72. The second-order valence-corrected chi connectivity index (χ2v) is 5.43. The molecule has 0 N–H and O–H groups in total. The molecule has 1 saturated heterocycles. The van der Waals surface area contributed by atoms with Crippen molar-refractivity contribution in [2.45, 2.75) is 25.4 Å². The predicted molar refractivity (Wildman–Crippen MR) is 75.7 cm³/mol. The third-order valence-electron chi connectivity index (χ3n) is 3.67. The first-order valence-corrected chi connectivity index (χ1v) is 7.00. The van der Waals surface area contributed by atoms with Crippen molar-refractivity contribution in [2.75, 3.05) is 13.7 Å². The number of carbonyl (C=O) groups excluding carboxylic acids is 1. The summed E-state index contributed by atoms with van der Waals surface area (Å²) in [6.07, 6.45) is 5.65. The smallest absolute Gasteiger partial charge is 0.323 e. The van der Waals surface area contributed by atoms with Gasteiger partial charge in [-0.1, -0.05) is 11.6 Å². The van der Waals surface area contributed by atoms with E-state index in [1.165, 1.54) is 7.11 Å². The molecule has 1 unspecified atom stereocenters. The van der Waals surface area contributed by atoms with E-state index in [-0.39, 0.29) is 12.0 Å². The molecule has 2 aromatic heterocycles. The van der Waals surface area contributed by atoms with Gasteiger partial charge in [-0.3, -0.25) is 9.69 Å². The van der Waals surface area contributed by atoms with E-state index in [1.807, 2.05) is 28.9 Å². The van der Waals surface area contributed by atoms with Crippen LogP contribution in [0.4, 0.5) is 0 Å². The number of imidazole rings is 1. The number of carbonyl (C=O) groups is 1. The van der Waals surface area contributed by atoms with Crippen molar-refractivity contribution in [3.63, 3.8) is 0 Å². The standard InChI is InChI=1S/C14H16ClN3O2/c1-20-14(19)12-3-2-6-17(12)8-11-9-18-7-10(15)4-5-13(18)16-11/h4-5,7,9,12H,2-3,6,8H2,1H3. The Bertz CT molecular complexity index is 640. The van der Waals surface area contributed by atoms with Crippen LogP contribution in [-0.4, -0.2) is 40.0 Å². The zero-order valence-electron chi connectivity index (χ0n) is 11.3. The van der Waals surface area contributed by atoms with Crippen molar-refractivity contribution in [1.29, 1.82) is 0 Å². The van der Waals surface area contributed by atoms with E-state index >= 15 is 0 Å². The summed E-state index contributed by atoms with van der Waals surface area (Å²) in [5.74, 6) is -0.158. The fraction of sp³-hybridized carbons (Fsp3) is 0.429. The molecule has 1 fully saturated rings. The monoisotopic (exact) mass is 293 g/mol. The molecule has 20 heavy (non-hydrogen) atoms. The highest BCUT2D eigenvalue weighted by Gasteiger charge is 2.31. The zero-order chi connectivity index (χ0) is 14.1. The number of hydrogen-bond acceptors (Lipinski definition) is 4. The molecule has 5 nitrogen and oxygen atoms in total. The van der Waals surface area contributed by atoms with E-state index < -0.39 is 0 Å². The third-order valence-corrected chi connectivity index (χ3v) is 3.89. The van der Waals surface area contributed by atoms with E-state index in [1.54, 1.807) is 0 Å². The average Bonchev–Trinajstić information content (AvgIpc) is 3.04. The summed E-state index contributed by atoms with van der Waals surface area (Å²) in [6.45, 7) is 1.55. The van der Waals surface area contributed by atoms with Crippen LogP contribution in [0.5, 0.6) is 0 Å². The summed E-state index contributed by atoms with van der Waals surface area (Å²) < 4.78 is 6.76. The summed E-state index contributed by atoms with van der Waals surface area (Å²) in [5, 5.41) is 0.676. The van der Waals surface area contributed by atoms with Gasteiger partial charge in [-0.15, -0.1) is 0 Å². The largest absolute Gasteiger partial charge is 0.468 e. The number of hydrogen-bond donors (Lipinski definition) is 0. The maximum Gasteiger partial charge on any atom is 0.323 e. The summed E-state index contributed by atoms with van der Waals surface area (Å²) in [5.41, 5.74) is 1.79. The summed E-state index contributed by atoms with van der Waals surface area (Å²) in [6, 6.07) is 3.56. The molecule has 6 heteroatoms. The summed E-state index contributed by atoms with van der Waals surface area (Å²) in [4.78, 5) is 18.4. The fourth-order valence-corrected chi connectivity index (χ4v) is 2.89. The lowest BCUT2D eigenvalue weighted by Gasteiger charge is -2.20. The van der Waals surface area contributed by atoms with Gasteiger partial charge in [0.05, 0.1) is 17.8 Å². The van der Waals surface area contributed by atoms with Gasteiger partial charge in [-0.2, -0.15) is 0 Å². The topological polar surface area (TPSA) is 46.8 Å². The number of rotatable bonds is 3. The molecule has 0 aliphatic carbocycles. The van der Waals surface area contributed by atoms with Gasteiger partial charge >= 0.3 is 5.97 Å². The number of methoxy groups -OCH3 is 1. The molecule has 0 saturated carbocycles. The van der Waals surface area contributed by atoms with E-state index in [0.717, 1.165) is 30.7 Å². The second-order valence-electron chi connectivity index (χ2n) is 5.00. The minimum absolute atomic E-state index is 0.145. The van der Waals surface area contributed by atoms with Gasteiger partial charge in [-0.05, 0) is 31.5 Å². The first-order chi connectivity index (χ1) is 9.67. The molecule has 0 radical (unpaired) electrons. The van der Waals surface area contributed by atoms with Crippen molar-refractivity contribution in [3.05, 3.63) is 35.2 Å². The Balaban J connectivity index is 1.80. The number of aromatic nitrogens is 2. The van der Waals surface area contributed by atoms with Gasteiger partial charge in [-0.25, -0.2) is 4.98 Å². The maximum absolute atomic E-state index is 11.7. The highest BCUT2D eigenvalue weighted by molar-refractivity contribution is 6.30. The van der Waals surface area contributed by atoms with Crippen LogP contribution in [0.1, 0.15) is 18.5 Å². The first-order valence-electron chi connectivity index (χ1n) is 6.62. The van der Waals surface area contributed by atoms with Crippen molar-refractivity contribution >= 4 is 23.2 Å².